The molecular weight excluding hydrogens is 262 g/mol. The van der Waals surface area contributed by atoms with Crippen LogP contribution in [0.1, 0.15) is 58.3 Å². The van der Waals surface area contributed by atoms with Crippen molar-refractivity contribution in [3.05, 3.63) is 0 Å². The Morgan fingerprint density at radius 3 is 2.58 bits per heavy atom. The van der Waals surface area contributed by atoms with E-state index < -0.39 is 0 Å². The van der Waals surface area contributed by atoms with Crippen LogP contribution in [0.15, 0.2) is 0 Å². The van der Waals surface area contributed by atoms with Gasteiger partial charge in [-0.25, -0.2) is 0 Å². The minimum Gasteiger partial charge on any atom is -0.377 e. The Morgan fingerprint density at radius 1 is 1.21 bits per heavy atom. The third kappa shape index (κ3) is 6.62. The SMILES string of the molecule is CCCCCCCCCC(=O)N1CCOCC1CCl. The first-order valence-electron chi connectivity index (χ1n) is 7.72. The summed E-state index contributed by atoms with van der Waals surface area (Å²) in [5, 5.41) is 0. The van der Waals surface area contributed by atoms with Crippen molar-refractivity contribution in [1.82, 2.24) is 4.90 Å². The molecule has 1 saturated heterocycles. The highest BCUT2D eigenvalue weighted by Gasteiger charge is 2.25. The minimum atomic E-state index is 0.0764. The molecule has 1 amide bonds. The molecule has 1 fully saturated rings. The first-order valence-corrected chi connectivity index (χ1v) is 8.26. The number of carbonyl (C=O) groups is 1. The number of ether oxygens (including phenoxy) is 1. The Kier molecular flexibility index (Phi) is 9.27. The predicted octanol–water partition coefficient (Wildman–Crippen LogP) is 3.59. The molecule has 0 bridgehead atoms. The molecule has 1 aliphatic rings. The molecule has 0 saturated carbocycles. The van der Waals surface area contributed by atoms with Gasteiger partial charge in [-0.3, -0.25) is 4.79 Å². The summed E-state index contributed by atoms with van der Waals surface area (Å²) >= 11 is 5.88. The molecule has 0 aromatic heterocycles. The van der Waals surface area contributed by atoms with Crippen molar-refractivity contribution >= 4 is 17.5 Å². The zero-order valence-corrected chi connectivity index (χ0v) is 13.0. The van der Waals surface area contributed by atoms with E-state index in [0.29, 0.717) is 32.1 Å². The molecule has 1 heterocycles. The van der Waals surface area contributed by atoms with Crippen molar-refractivity contribution in [2.45, 2.75) is 64.3 Å². The first-order chi connectivity index (χ1) is 9.29. The molecule has 0 radical (unpaired) electrons. The lowest BCUT2D eigenvalue weighted by molar-refractivity contribution is -0.139. The predicted molar refractivity (Wildman–Crippen MR) is 79.7 cm³/mol. The Bertz CT molecular complexity index is 248. The average molecular weight is 290 g/mol. The Labute approximate surface area is 122 Å². The van der Waals surface area contributed by atoms with Crippen molar-refractivity contribution in [3.8, 4) is 0 Å². The highest BCUT2D eigenvalue weighted by molar-refractivity contribution is 6.18. The molecule has 19 heavy (non-hydrogen) atoms. The summed E-state index contributed by atoms with van der Waals surface area (Å²) in [5.41, 5.74) is 0. The zero-order valence-electron chi connectivity index (χ0n) is 12.2. The average Bonchev–Trinajstić information content (AvgIpc) is 2.46. The van der Waals surface area contributed by atoms with Gasteiger partial charge in [0.05, 0.1) is 19.3 Å². The van der Waals surface area contributed by atoms with Crippen molar-refractivity contribution in [3.63, 3.8) is 0 Å². The molecule has 4 heteroatoms. The van der Waals surface area contributed by atoms with Crippen LogP contribution in [0.25, 0.3) is 0 Å². The first kappa shape index (κ1) is 16.8. The van der Waals surface area contributed by atoms with E-state index in [1.54, 1.807) is 0 Å². The molecule has 0 aromatic rings. The molecule has 0 aliphatic carbocycles. The fourth-order valence-corrected chi connectivity index (χ4v) is 2.74. The number of nitrogens with zero attached hydrogens (tertiary/aromatic N) is 1. The number of amides is 1. The maximum absolute atomic E-state index is 12.1. The molecule has 1 atom stereocenters. The van der Waals surface area contributed by atoms with Crippen molar-refractivity contribution < 1.29 is 9.53 Å². The lowest BCUT2D eigenvalue weighted by Crippen LogP contribution is -2.49. The minimum absolute atomic E-state index is 0.0764. The van der Waals surface area contributed by atoms with Gasteiger partial charge in [0.1, 0.15) is 0 Å². The van der Waals surface area contributed by atoms with Gasteiger partial charge in [-0.15, -0.1) is 11.6 Å². The van der Waals surface area contributed by atoms with Gasteiger partial charge in [-0.2, -0.15) is 0 Å². The van der Waals surface area contributed by atoms with Crippen LogP contribution in [-0.4, -0.2) is 42.5 Å². The number of hydrogen-bond acceptors (Lipinski definition) is 2. The van der Waals surface area contributed by atoms with Crippen LogP contribution in [-0.2, 0) is 9.53 Å². The summed E-state index contributed by atoms with van der Waals surface area (Å²) in [6, 6.07) is 0.0764. The molecule has 112 valence electrons. The molecule has 1 aliphatic heterocycles. The number of hydrogen-bond donors (Lipinski definition) is 0. The number of alkyl halides is 1. The zero-order chi connectivity index (χ0) is 13.9. The summed E-state index contributed by atoms with van der Waals surface area (Å²) < 4.78 is 5.36. The van der Waals surface area contributed by atoms with E-state index in [2.05, 4.69) is 6.92 Å². The standard InChI is InChI=1S/C15H28ClNO2/c1-2-3-4-5-6-7-8-9-15(18)17-10-11-19-13-14(17)12-16/h14H,2-13H2,1H3. The van der Waals surface area contributed by atoms with E-state index in [4.69, 9.17) is 16.3 Å². The number of halogens is 1. The Hall–Kier alpha value is -0.280. The van der Waals surface area contributed by atoms with Crippen LogP contribution >= 0.6 is 11.6 Å². The smallest absolute Gasteiger partial charge is 0.223 e. The molecule has 1 unspecified atom stereocenters. The second-order valence-corrected chi connectivity index (χ2v) is 5.65. The van der Waals surface area contributed by atoms with Crippen molar-refractivity contribution in [2.24, 2.45) is 0 Å². The molecule has 0 aromatic carbocycles. The quantitative estimate of drug-likeness (QED) is 0.479. The van der Waals surface area contributed by atoms with Gasteiger partial charge < -0.3 is 9.64 Å². The maximum atomic E-state index is 12.1. The van der Waals surface area contributed by atoms with Crippen molar-refractivity contribution in [2.75, 3.05) is 25.6 Å². The van der Waals surface area contributed by atoms with Crippen LogP contribution in [0.5, 0.6) is 0 Å². The third-order valence-corrected chi connectivity index (χ3v) is 4.08. The van der Waals surface area contributed by atoms with Crippen LogP contribution in [0.4, 0.5) is 0 Å². The third-order valence-electron chi connectivity index (χ3n) is 3.72. The van der Waals surface area contributed by atoms with Gasteiger partial charge >= 0.3 is 0 Å². The van der Waals surface area contributed by atoms with Gasteiger partial charge in [0.15, 0.2) is 0 Å². The summed E-state index contributed by atoms with van der Waals surface area (Å²) in [7, 11) is 0. The van der Waals surface area contributed by atoms with Crippen LogP contribution in [0.3, 0.4) is 0 Å². The maximum Gasteiger partial charge on any atom is 0.223 e. The van der Waals surface area contributed by atoms with E-state index in [1.165, 1.54) is 38.5 Å². The number of unbranched alkanes of at least 4 members (excludes halogenated alkanes) is 6. The van der Waals surface area contributed by atoms with E-state index in [-0.39, 0.29) is 11.9 Å². The van der Waals surface area contributed by atoms with Gasteiger partial charge in [0, 0.05) is 18.8 Å². The van der Waals surface area contributed by atoms with Crippen molar-refractivity contribution in [1.29, 1.82) is 0 Å². The molecular formula is C15H28ClNO2. The summed E-state index contributed by atoms with van der Waals surface area (Å²) in [5.74, 6) is 0.727. The molecule has 1 rings (SSSR count). The van der Waals surface area contributed by atoms with E-state index >= 15 is 0 Å². The van der Waals surface area contributed by atoms with E-state index in [0.717, 1.165) is 6.42 Å². The van der Waals surface area contributed by atoms with E-state index in [9.17, 15) is 4.79 Å². The highest BCUT2D eigenvalue weighted by Crippen LogP contribution is 2.13. The molecule has 0 N–H and O–H groups in total. The van der Waals surface area contributed by atoms with Gasteiger partial charge in [-0.05, 0) is 6.42 Å². The number of carbonyl (C=O) groups excluding carboxylic acids is 1. The summed E-state index contributed by atoms with van der Waals surface area (Å²) in [6.07, 6.45) is 9.38. The van der Waals surface area contributed by atoms with Crippen LogP contribution in [0.2, 0.25) is 0 Å². The Morgan fingerprint density at radius 2 is 1.89 bits per heavy atom. The van der Waals surface area contributed by atoms with Gasteiger partial charge in [0.25, 0.3) is 0 Å². The van der Waals surface area contributed by atoms with E-state index in [1.807, 2.05) is 4.90 Å². The largest absolute Gasteiger partial charge is 0.377 e. The summed E-state index contributed by atoms with van der Waals surface area (Å²) in [4.78, 5) is 14.0. The van der Waals surface area contributed by atoms with Gasteiger partial charge in [0.2, 0.25) is 5.91 Å². The molecule has 3 nitrogen and oxygen atoms in total. The van der Waals surface area contributed by atoms with Crippen LogP contribution in [0, 0.1) is 0 Å². The fraction of sp³-hybridized carbons (Fsp3) is 0.933. The number of rotatable bonds is 9. The second kappa shape index (κ2) is 10.5. The molecule has 0 spiro atoms. The highest BCUT2D eigenvalue weighted by atomic mass is 35.5. The lowest BCUT2D eigenvalue weighted by atomic mass is 10.1. The Balaban J connectivity index is 2.09. The summed E-state index contributed by atoms with van der Waals surface area (Å²) in [6.45, 7) is 4.17. The fourth-order valence-electron chi connectivity index (χ4n) is 2.49. The lowest BCUT2D eigenvalue weighted by Gasteiger charge is -2.34. The second-order valence-electron chi connectivity index (χ2n) is 5.34. The topological polar surface area (TPSA) is 29.5 Å². The van der Waals surface area contributed by atoms with Gasteiger partial charge in [-0.1, -0.05) is 45.4 Å². The monoisotopic (exact) mass is 289 g/mol. The van der Waals surface area contributed by atoms with Crippen LogP contribution < -0.4 is 0 Å². The normalized spacial score (nSPS) is 19.7. The number of morpholine rings is 1.